The molecule has 0 spiro atoms. The SMILES string of the molecule is C=C[C@@]1(C)CCC2=C(C1=O)[C@H](O)C[C@H]1[C@@](C)(C(=O)O)CCC[C@]21C. The lowest BCUT2D eigenvalue weighted by atomic mass is 9.47. The second-order valence-corrected chi connectivity index (χ2v) is 8.64. The van der Waals surface area contributed by atoms with Crippen molar-refractivity contribution in [2.75, 3.05) is 0 Å². The molecule has 0 heterocycles. The van der Waals surface area contributed by atoms with Gasteiger partial charge in [0.2, 0.25) is 0 Å². The number of carboxylic acid groups (broad SMARTS) is 1. The number of fused-ring (bicyclic) bond motifs is 2. The van der Waals surface area contributed by atoms with Gasteiger partial charge in [-0.1, -0.05) is 25.0 Å². The first-order valence-electron chi connectivity index (χ1n) is 8.93. The van der Waals surface area contributed by atoms with Crippen molar-refractivity contribution >= 4 is 11.8 Å². The largest absolute Gasteiger partial charge is 0.481 e. The number of aliphatic hydroxyl groups is 1. The fourth-order valence-corrected chi connectivity index (χ4v) is 5.57. The van der Waals surface area contributed by atoms with Crippen molar-refractivity contribution in [2.24, 2.45) is 22.2 Å². The molecule has 2 N–H and O–H groups in total. The number of aliphatic hydroxyl groups excluding tert-OH is 1. The lowest BCUT2D eigenvalue weighted by molar-refractivity contribution is -0.161. The van der Waals surface area contributed by atoms with Crippen molar-refractivity contribution in [2.45, 2.75) is 65.4 Å². The number of ketones is 1. The topological polar surface area (TPSA) is 74.6 Å². The molecular weight excluding hydrogens is 304 g/mol. The summed E-state index contributed by atoms with van der Waals surface area (Å²) in [5, 5.41) is 20.6. The maximum Gasteiger partial charge on any atom is 0.309 e. The molecule has 4 heteroatoms. The van der Waals surface area contributed by atoms with Crippen molar-refractivity contribution in [1.82, 2.24) is 0 Å². The van der Waals surface area contributed by atoms with Gasteiger partial charge in [-0.2, -0.15) is 0 Å². The fraction of sp³-hybridized carbons (Fsp3) is 0.700. The van der Waals surface area contributed by atoms with Crippen LogP contribution in [-0.4, -0.2) is 28.1 Å². The minimum absolute atomic E-state index is 0.0199. The Balaban J connectivity index is 2.14. The van der Waals surface area contributed by atoms with E-state index in [0.717, 1.165) is 24.8 Å². The number of Topliss-reactive ketones (excluding diaryl/α,β-unsaturated/α-hetero) is 1. The van der Waals surface area contributed by atoms with Crippen molar-refractivity contribution < 1.29 is 19.8 Å². The zero-order valence-corrected chi connectivity index (χ0v) is 14.9. The Morgan fingerprint density at radius 2 is 1.92 bits per heavy atom. The summed E-state index contributed by atoms with van der Waals surface area (Å²) in [7, 11) is 0. The molecule has 3 rings (SSSR count). The Hall–Kier alpha value is -1.42. The summed E-state index contributed by atoms with van der Waals surface area (Å²) < 4.78 is 0. The molecule has 0 bridgehead atoms. The van der Waals surface area contributed by atoms with Crippen molar-refractivity contribution in [3.63, 3.8) is 0 Å². The number of allylic oxidation sites excluding steroid dienone is 2. The maximum atomic E-state index is 13.0. The third-order valence-electron chi connectivity index (χ3n) is 7.33. The van der Waals surface area contributed by atoms with E-state index in [2.05, 4.69) is 13.5 Å². The van der Waals surface area contributed by atoms with E-state index in [0.29, 0.717) is 24.8 Å². The number of carbonyl (C=O) groups excluding carboxylic acids is 1. The average Bonchev–Trinajstić information content (AvgIpc) is 2.52. The standard InChI is InChI=1S/C20H28O4/c1-5-18(2)10-7-12-15(16(18)22)13(21)11-14-19(12,3)8-6-9-20(14,4)17(23)24/h5,13-14,21H,1,6-11H2,2-4H3,(H,23,24)/t13-,14-,18+,19-,20+/m1/s1. The molecule has 4 nitrogen and oxygen atoms in total. The second-order valence-electron chi connectivity index (χ2n) is 8.64. The Morgan fingerprint density at radius 3 is 2.50 bits per heavy atom. The molecule has 132 valence electrons. The molecule has 0 aromatic carbocycles. The normalized spacial score (nSPS) is 45.4. The Kier molecular flexibility index (Phi) is 3.83. The quantitative estimate of drug-likeness (QED) is 0.759. The number of hydrogen-bond acceptors (Lipinski definition) is 3. The molecule has 3 aliphatic carbocycles. The van der Waals surface area contributed by atoms with Crippen LogP contribution in [0, 0.1) is 22.2 Å². The molecule has 0 unspecified atom stereocenters. The fourth-order valence-electron chi connectivity index (χ4n) is 5.57. The molecule has 0 amide bonds. The van der Waals surface area contributed by atoms with Crippen LogP contribution in [0.4, 0.5) is 0 Å². The monoisotopic (exact) mass is 332 g/mol. The summed E-state index contributed by atoms with van der Waals surface area (Å²) in [4.78, 5) is 25.0. The van der Waals surface area contributed by atoms with Gasteiger partial charge in [-0.15, -0.1) is 6.58 Å². The first-order valence-corrected chi connectivity index (χ1v) is 8.93. The van der Waals surface area contributed by atoms with Crippen LogP contribution < -0.4 is 0 Å². The van der Waals surface area contributed by atoms with Gasteiger partial charge in [-0.25, -0.2) is 0 Å². The molecular formula is C20H28O4. The molecule has 0 aromatic rings. The van der Waals surface area contributed by atoms with E-state index in [1.807, 2.05) is 13.8 Å². The van der Waals surface area contributed by atoms with Crippen molar-refractivity contribution in [3.05, 3.63) is 23.8 Å². The average molecular weight is 332 g/mol. The number of carboxylic acids is 1. The summed E-state index contributed by atoms with van der Waals surface area (Å²) in [6, 6.07) is 0. The van der Waals surface area contributed by atoms with Gasteiger partial charge >= 0.3 is 5.97 Å². The van der Waals surface area contributed by atoms with Crippen LogP contribution in [0.2, 0.25) is 0 Å². The molecule has 1 saturated carbocycles. The molecule has 24 heavy (non-hydrogen) atoms. The first-order chi connectivity index (χ1) is 11.1. The van der Waals surface area contributed by atoms with Gasteiger partial charge in [0, 0.05) is 11.0 Å². The summed E-state index contributed by atoms with van der Waals surface area (Å²) in [6.45, 7) is 9.62. The number of hydrogen-bond donors (Lipinski definition) is 2. The maximum absolute atomic E-state index is 13.0. The lowest BCUT2D eigenvalue weighted by Gasteiger charge is -2.57. The molecule has 0 radical (unpaired) electrons. The van der Waals surface area contributed by atoms with E-state index in [4.69, 9.17) is 0 Å². The Labute approximate surface area is 143 Å². The smallest absolute Gasteiger partial charge is 0.309 e. The van der Waals surface area contributed by atoms with Gasteiger partial charge in [0.15, 0.2) is 5.78 Å². The highest BCUT2D eigenvalue weighted by molar-refractivity contribution is 6.03. The summed E-state index contributed by atoms with van der Waals surface area (Å²) >= 11 is 0. The van der Waals surface area contributed by atoms with Crippen LogP contribution in [-0.2, 0) is 9.59 Å². The molecule has 3 aliphatic rings. The highest BCUT2D eigenvalue weighted by Gasteiger charge is 2.59. The third-order valence-corrected chi connectivity index (χ3v) is 7.33. The van der Waals surface area contributed by atoms with E-state index < -0.39 is 22.9 Å². The van der Waals surface area contributed by atoms with E-state index in [9.17, 15) is 19.8 Å². The van der Waals surface area contributed by atoms with E-state index in [-0.39, 0.29) is 17.1 Å². The summed E-state index contributed by atoms with van der Waals surface area (Å²) in [5.41, 5.74) is -0.194. The zero-order valence-electron chi connectivity index (χ0n) is 14.9. The third kappa shape index (κ3) is 2.08. The summed E-state index contributed by atoms with van der Waals surface area (Å²) in [5.74, 6) is -0.938. The summed E-state index contributed by atoms with van der Waals surface area (Å²) in [6.07, 6.45) is 4.99. The van der Waals surface area contributed by atoms with Crippen molar-refractivity contribution in [1.29, 1.82) is 0 Å². The van der Waals surface area contributed by atoms with Crippen LogP contribution in [0.3, 0.4) is 0 Å². The van der Waals surface area contributed by atoms with Gasteiger partial charge in [-0.05, 0) is 57.3 Å². The highest BCUT2D eigenvalue weighted by atomic mass is 16.4. The molecule has 0 saturated heterocycles. The lowest BCUT2D eigenvalue weighted by Crippen LogP contribution is -2.55. The second kappa shape index (κ2) is 5.29. The van der Waals surface area contributed by atoms with Crippen LogP contribution in [0.25, 0.3) is 0 Å². The van der Waals surface area contributed by atoms with Gasteiger partial charge in [0.1, 0.15) is 0 Å². The molecule has 1 fully saturated rings. The highest BCUT2D eigenvalue weighted by Crippen LogP contribution is 2.62. The number of rotatable bonds is 2. The van der Waals surface area contributed by atoms with Gasteiger partial charge < -0.3 is 10.2 Å². The van der Waals surface area contributed by atoms with Crippen LogP contribution in [0.1, 0.15) is 59.3 Å². The number of aliphatic carboxylic acids is 1. The Bertz CT molecular complexity index is 648. The molecule has 0 aliphatic heterocycles. The van der Waals surface area contributed by atoms with Gasteiger partial charge in [-0.3, -0.25) is 9.59 Å². The van der Waals surface area contributed by atoms with Crippen LogP contribution >= 0.6 is 0 Å². The predicted octanol–water partition coefficient (Wildman–Crippen LogP) is 3.50. The van der Waals surface area contributed by atoms with Gasteiger partial charge in [0.25, 0.3) is 0 Å². The minimum Gasteiger partial charge on any atom is -0.481 e. The van der Waals surface area contributed by atoms with Crippen molar-refractivity contribution in [3.8, 4) is 0 Å². The first kappa shape index (κ1) is 17.4. The number of carbonyl (C=O) groups is 2. The van der Waals surface area contributed by atoms with Crippen LogP contribution in [0.5, 0.6) is 0 Å². The zero-order chi connectivity index (χ0) is 17.9. The predicted molar refractivity (Wildman–Crippen MR) is 91.4 cm³/mol. The van der Waals surface area contributed by atoms with E-state index >= 15 is 0 Å². The Morgan fingerprint density at radius 1 is 1.25 bits per heavy atom. The molecule has 0 aromatic heterocycles. The molecule has 5 atom stereocenters. The van der Waals surface area contributed by atoms with Gasteiger partial charge in [0.05, 0.1) is 11.5 Å². The van der Waals surface area contributed by atoms with E-state index in [1.54, 1.807) is 6.08 Å². The minimum atomic E-state index is -0.859. The van der Waals surface area contributed by atoms with Crippen LogP contribution in [0.15, 0.2) is 23.8 Å². The van der Waals surface area contributed by atoms with E-state index in [1.165, 1.54) is 0 Å².